The van der Waals surface area contributed by atoms with E-state index in [0.29, 0.717) is 15.5 Å². The van der Waals surface area contributed by atoms with E-state index < -0.39 is 11.7 Å². The van der Waals surface area contributed by atoms with Gasteiger partial charge in [0, 0.05) is 23.3 Å². The Morgan fingerprint density at radius 2 is 1.85 bits per heavy atom. The maximum absolute atomic E-state index is 12.6. The Kier molecular flexibility index (Phi) is 4.04. The lowest BCUT2D eigenvalue weighted by Gasteiger charge is -2.07. The summed E-state index contributed by atoms with van der Waals surface area (Å²) in [5, 5.41) is 9.78. The van der Waals surface area contributed by atoms with Gasteiger partial charge in [-0.3, -0.25) is 0 Å². The van der Waals surface area contributed by atoms with E-state index in [0.717, 1.165) is 34.5 Å². The average molecular weight is 397 g/mol. The van der Waals surface area contributed by atoms with Crippen LogP contribution in [0.15, 0.2) is 42.7 Å². The minimum absolute atomic E-state index is 0.203. The van der Waals surface area contributed by atoms with Gasteiger partial charge in [-0.2, -0.15) is 13.2 Å². The third-order valence-corrected chi connectivity index (χ3v) is 4.69. The van der Waals surface area contributed by atoms with Crippen LogP contribution < -0.4 is 4.74 Å². The van der Waals surface area contributed by atoms with Crippen molar-refractivity contribution in [2.24, 2.45) is 0 Å². The molecule has 0 fully saturated rings. The second kappa shape index (κ2) is 6.26. The van der Waals surface area contributed by atoms with Crippen molar-refractivity contribution in [3.8, 4) is 21.5 Å². The number of nitrogens with zero attached hydrogens (tertiary/aromatic N) is 3. The number of ether oxygens (including phenoxy) is 1. The third kappa shape index (κ3) is 3.11. The third-order valence-electron chi connectivity index (χ3n) is 3.57. The quantitative estimate of drug-likeness (QED) is 0.461. The Hall–Kier alpha value is -2.65. The molecule has 0 saturated heterocycles. The molecule has 0 aliphatic heterocycles. The molecular weight excluding hydrogens is 389 g/mol. The highest BCUT2D eigenvalue weighted by molar-refractivity contribution is 7.16. The van der Waals surface area contributed by atoms with Crippen LogP contribution in [0.25, 0.3) is 21.5 Å². The SMILES string of the molecule is FC(F)(F)c1ccc(Oc2nnc(-c3c[nH]c4ccnc(Cl)c34)s2)cc1. The van der Waals surface area contributed by atoms with E-state index in [1.54, 1.807) is 18.5 Å². The highest BCUT2D eigenvalue weighted by atomic mass is 35.5. The highest BCUT2D eigenvalue weighted by Crippen LogP contribution is 2.37. The van der Waals surface area contributed by atoms with Crippen molar-refractivity contribution in [3.63, 3.8) is 0 Å². The van der Waals surface area contributed by atoms with Gasteiger partial charge in [-0.1, -0.05) is 28.0 Å². The summed E-state index contributed by atoms with van der Waals surface area (Å²) in [6, 6.07) is 6.14. The van der Waals surface area contributed by atoms with Gasteiger partial charge in [-0.05, 0) is 30.3 Å². The van der Waals surface area contributed by atoms with Crippen LogP contribution in [0.4, 0.5) is 13.2 Å². The van der Waals surface area contributed by atoms with E-state index in [9.17, 15) is 13.2 Å². The second-order valence-corrected chi connectivity index (χ2v) is 6.52. The predicted molar refractivity (Wildman–Crippen MR) is 91.5 cm³/mol. The summed E-state index contributed by atoms with van der Waals surface area (Å²) in [5.74, 6) is 0.235. The number of benzene rings is 1. The Morgan fingerprint density at radius 1 is 1.08 bits per heavy atom. The lowest BCUT2D eigenvalue weighted by molar-refractivity contribution is -0.137. The molecule has 3 heterocycles. The number of hydrogen-bond donors (Lipinski definition) is 1. The predicted octanol–water partition coefficient (Wildman–Crippen LogP) is 5.55. The molecule has 4 rings (SSSR count). The first-order chi connectivity index (χ1) is 12.4. The summed E-state index contributed by atoms with van der Waals surface area (Å²) < 4.78 is 43.2. The Bertz CT molecular complexity index is 1080. The Labute approximate surface area is 153 Å². The monoisotopic (exact) mass is 396 g/mol. The molecule has 10 heteroatoms. The van der Waals surface area contributed by atoms with Crippen LogP contribution in [0.3, 0.4) is 0 Å². The van der Waals surface area contributed by atoms with Crippen LogP contribution in [0.2, 0.25) is 5.15 Å². The summed E-state index contributed by atoms with van der Waals surface area (Å²) in [4.78, 5) is 7.12. The van der Waals surface area contributed by atoms with E-state index in [-0.39, 0.29) is 10.9 Å². The number of aromatic nitrogens is 4. The molecule has 0 amide bonds. The number of fused-ring (bicyclic) bond motifs is 1. The summed E-state index contributed by atoms with van der Waals surface area (Å²) in [7, 11) is 0. The summed E-state index contributed by atoms with van der Waals surface area (Å²) in [6.45, 7) is 0. The van der Waals surface area contributed by atoms with Crippen LogP contribution in [-0.2, 0) is 6.18 Å². The average Bonchev–Trinajstić information content (AvgIpc) is 3.22. The van der Waals surface area contributed by atoms with E-state index in [1.807, 2.05) is 0 Å². The van der Waals surface area contributed by atoms with Crippen LogP contribution >= 0.6 is 22.9 Å². The number of pyridine rings is 1. The number of alkyl halides is 3. The Morgan fingerprint density at radius 3 is 2.58 bits per heavy atom. The molecule has 3 aromatic heterocycles. The van der Waals surface area contributed by atoms with Gasteiger partial charge < -0.3 is 9.72 Å². The van der Waals surface area contributed by atoms with Crippen molar-refractivity contribution in [2.75, 3.05) is 0 Å². The normalized spacial score (nSPS) is 11.8. The van der Waals surface area contributed by atoms with Gasteiger partial charge in [0.15, 0.2) is 5.01 Å². The molecule has 0 aliphatic rings. The first-order valence-corrected chi connectivity index (χ1v) is 8.42. The molecule has 26 heavy (non-hydrogen) atoms. The number of halogens is 4. The minimum Gasteiger partial charge on any atom is -0.430 e. The number of nitrogens with one attached hydrogen (secondary N) is 1. The molecule has 0 saturated carbocycles. The molecule has 0 bridgehead atoms. The summed E-state index contributed by atoms with van der Waals surface area (Å²) >= 11 is 7.29. The topological polar surface area (TPSA) is 63.7 Å². The molecule has 4 aromatic rings. The number of aromatic amines is 1. The fourth-order valence-electron chi connectivity index (χ4n) is 2.38. The van der Waals surface area contributed by atoms with Crippen molar-refractivity contribution in [1.29, 1.82) is 0 Å². The van der Waals surface area contributed by atoms with Crippen molar-refractivity contribution < 1.29 is 17.9 Å². The van der Waals surface area contributed by atoms with E-state index >= 15 is 0 Å². The minimum atomic E-state index is -4.39. The summed E-state index contributed by atoms with van der Waals surface area (Å²) in [6.07, 6.45) is -1.07. The zero-order valence-corrected chi connectivity index (χ0v) is 14.3. The van der Waals surface area contributed by atoms with Crippen molar-refractivity contribution >= 4 is 33.8 Å². The maximum Gasteiger partial charge on any atom is 0.416 e. The van der Waals surface area contributed by atoms with Gasteiger partial charge in [0.1, 0.15) is 10.9 Å². The van der Waals surface area contributed by atoms with E-state index in [4.69, 9.17) is 16.3 Å². The summed E-state index contributed by atoms with van der Waals surface area (Å²) in [5.41, 5.74) is 0.780. The molecule has 0 radical (unpaired) electrons. The van der Waals surface area contributed by atoms with Gasteiger partial charge in [0.2, 0.25) is 0 Å². The fourth-order valence-corrected chi connectivity index (χ4v) is 3.37. The molecule has 1 N–H and O–H groups in total. The molecule has 0 spiro atoms. The van der Waals surface area contributed by atoms with Crippen LogP contribution in [0.1, 0.15) is 5.56 Å². The van der Waals surface area contributed by atoms with Gasteiger partial charge >= 0.3 is 6.18 Å². The van der Waals surface area contributed by atoms with Crippen molar-refractivity contribution in [1.82, 2.24) is 20.2 Å². The first-order valence-electron chi connectivity index (χ1n) is 7.22. The molecule has 0 aliphatic carbocycles. The standard InChI is InChI=1S/C16H8ClF3N4OS/c17-13-12-10(7-22-11(12)5-6-21-13)14-23-24-15(26-14)25-9-3-1-8(2-4-9)16(18,19)20/h1-7,22H. The van der Waals surface area contributed by atoms with Crippen LogP contribution in [0, 0.1) is 0 Å². The van der Waals surface area contributed by atoms with Crippen molar-refractivity contribution in [2.45, 2.75) is 6.18 Å². The molecular formula is C16H8ClF3N4OS. The van der Waals surface area contributed by atoms with Crippen LogP contribution in [0.5, 0.6) is 10.9 Å². The van der Waals surface area contributed by atoms with Crippen LogP contribution in [-0.4, -0.2) is 20.2 Å². The van der Waals surface area contributed by atoms with Gasteiger partial charge in [-0.15, -0.1) is 5.10 Å². The zero-order valence-electron chi connectivity index (χ0n) is 12.7. The van der Waals surface area contributed by atoms with E-state index in [1.165, 1.54) is 12.1 Å². The van der Waals surface area contributed by atoms with Gasteiger partial charge in [0.25, 0.3) is 5.19 Å². The Balaban J connectivity index is 1.60. The molecule has 1 aromatic carbocycles. The fraction of sp³-hybridized carbons (Fsp3) is 0.0625. The largest absolute Gasteiger partial charge is 0.430 e. The number of rotatable bonds is 3. The smallest absolute Gasteiger partial charge is 0.416 e. The lowest BCUT2D eigenvalue weighted by Crippen LogP contribution is -2.03. The zero-order chi connectivity index (χ0) is 18.3. The second-order valence-electron chi connectivity index (χ2n) is 5.22. The number of hydrogen-bond acceptors (Lipinski definition) is 5. The van der Waals surface area contributed by atoms with Gasteiger partial charge in [0.05, 0.1) is 11.1 Å². The number of H-pyrrole nitrogens is 1. The maximum atomic E-state index is 12.6. The lowest BCUT2D eigenvalue weighted by atomic mass is 10.2. The molecule has 0 unspecified atom stereocenters. The molecule has 5 nitrogen and oxygen atoms in total. The van der Waals surface area contributed by atoms with E-state index in [2.05, 4.69) is 20.2 Å². The van der Waals surface area contributed by atoms with Gasteiger partial charge in [-0.25, -0.2) is 4.98 Å². The first kappa shape index (κ1) is 16.8. The molecule has 0 atom stereocenters. The highest BCUT2D eigenvalue weighted by Gasteiger charge is 2.30. The van der Waals surface area contributed by atoms with Crippen molar-refractivity contribution in [3.05, 3.63) is 53.4 Å². The molecule has 132 valence electrons.